The van der Waals surface area contributed by atoms with Crippen LogP contribution in [0.3, 0.4) is 0 Å². The van der Waals surface area contributed by atoms with Gasteiger partial charge in [0.25, 0.3) is 0 Å². The van der Waals surface area contributed by atoms with Crippen LogP contribution < -0.4 is 4.74 Å². The predicted octanol–water partition coefficient (Wildman–Crippen LogP) is 3.24. The summed E-state index contributed by atoms with van der Waals surface area (Å²) in [6, 6.07) is 10.6. The van der Waals surface area contributed by atoms with E-state index in [0.717, 1.165) is 11.1 Å². The van der Waals surface area contributed by atoms with Crippen LogP contribution in [0, 0.1) is 11.3 Å². The molecule has 1 atom stereocenters. The van der Waals surface area contributed by atoms with E-state index in [9.17, 15) is 5.11 Å². The van der Waals surface area contributed by atoms with Crippen molar-refractivity contribution >= 4 is 11.6 Å². The molecule has 0 saturated carbocycles. The molecule has 0 aliphatic rings. The van der Waals surface area contributed by atoms with E-state index in [4.69, 9.17) is 21.6 Å². The molecule has 0 aliphatic heterocycles. The zero-order chi connectivity index (χ0) is 14.5. The highest BCUT2D eigenvalue weighted by molar-refractivity contribution is 6.32. The van der Waals surface area contributed by atoms with Crippen molar-refractivity contribution in [2.24, 2.45) is 0 Å². The molecule has 0 saturated heterocycles. The first-order valence-corrected chi connectivity index (χ1v) is 6.43. The van der Waals surface area contributed by atoms with Crippen LogP contribution in [0.1, 0.15) is 29.8 Å². The van der Waals surface area contributed by atoms with Crippen LogP contribution in [-0.4, -0.2) is 10.1 Å². The van der Waals surface area contributed by atoms with E-state index < -0.39 is 6.10 Å². The molecule has 0 aliphatic carbocycles. The number of hydrogen-bond donors (Lipinski definition) is 1. The van der Waals surface area contributed by atoms with Crippen LogP contribution in [0.5, 0.6) is 5.75 Å². The van der Waals surface area contributed by atoms with Crippen molar-refractivity contribution in [3.05, 3.63) is 58.4 Å². The van der Waals surface area contributed by atoms with Gasteiger partial charge < -0.3 is 9.84 Å². The van der Waals surface area contributed by atoms with Gasteiger partial charge in [0.05, 0.1) is 11.1 Å². The number of benzene rings is 1. The minimum Gasteiger partial charge on any atom is -0.487 e. The Balaban J connectivity index is 2.09. The Bertz CT molecular complexity index is 651. The van der Waals surface area contributed by atoms with Gasteiger partial charge >= 0.3 is 0 Å². The molecular formula is C15H13ClN2O2. The van der Waals surface area contributed by atoms with Crippen LogP contribution in [0.4, 0.5) is 0 Å². The third-order valence-electron chi connectivity index (χ3n) is 2.77. The van der Waals surface area contributed by atoms with Gasteiger partial charge in [-0.25, -0.2) is 4.98 Å². The Morgan fingerprint density at radius 1 is 1.40 bits per heavy atom. The summed E-state index contributed by atoms with van der Waals surface area (Å²) in [6.45, 7) is 1.97. The lowest BCUT2D eigenvalue weighted by Crippen LogP contribution is -1.98. The molecule has 0 spiro atoms. The first kappa shape index (κ1) is 14.3. The van der Waals surface area contributed by atoms with Crippen molar-refractivity contribution in [2.75, 3.05) is 0 Å². The summed E-state index contributed by atoms with van der Waals surface area (Å²) in [5.41, 5.74) is 1.92. The second-order valence-electron chi connectivity index (χ2n) is 4.32. The lowest BCUT2D eigenvalue weighted by Gasteiger charge is -2.11. The maximum atomic E-state index is 9.47. The van der Waals surface area contributed by atoms with Gasteiger partial charge in [0.2, 0.25) is 0 Å². The molecule has 4 nitrogen and oxygen atoms in total. The number of halogens is 1. The van der Waals surface area contributed by atoms with E-state index in [2.05, 4.69) is 4.98 Å². The normalized spacial score (nSPS) is 11.7. The van der Waals surface area contributed by atoms with Gasteiger partial charge in [0.15, 0.2) is 0 Å². The molecule has 20 heavy (non-hydrogen) atoms. The lowest BCUT2D eigenvalue weighted by atomic mass is 10.1. The SMILES string of the molecule is C[C@@H](O)c1ccc(OCc2ccnc(C#N)c2)c(Cl)c1. The van der Waals surface area contributed by atoms with E-state index >= 15 is 0 Å². The van der Waals surface area contributed by atoms with Crippen LogP contribution >= 0.6 is 11.6 Å². The average molecular weight is 289 g/mol. The standard InChI is InChI=1S/C15H13ClN2O2/c1-10(19)12-2-3-15(14(16)7-12)20-9-11-4-5-18-13(6-11)8-17/h2-7,10,19H,9H2,1H3/t10-/m1/s1. The molecule has 102 valence electrons. The van der Waals surface area contributed by atoms with Crippen LogP contribution in [0.2, 0.25) is 5.02 Å². The average Bonchev–Trinajstić information content (AvgIpc) is 2.46. The number of pyridine rings is 1. The van der Waals surface area contributed by atoms with Gasteiger partial charge in [-0.05, 0) is 42.3 Å². The van der Waals surface area contributed by atoms with Gasteiger partial charge in [-0.1, -0.05) is 17.7 Å². The molecule has 1 aromatic carbocycles. The third-order valence-corrected chi connectivity index (χ3v) is 3.07. The summed E-state index contributed by atoms with van der Waals surface area (Å²) >= 11 is 6.10. The smallest absolute Gasteiger partial charge is 0.140 e. The molecule has 2 rings (SSSR count). The quantitative estimate of drug-likeness (QED) is 0.938. The maximum Gasteiger partial charge on any atom is 0.140 e. The molecule has 1 aromatic heterocycles. The van der Waals surface area contributed by atoms with Gasteiger partial charge in [-0.2, -0.15) is 5.26 Å². The monoisotopic (exact) mass is 288 g/mol. The van der Waals surface area contributed by atoms with Gasteiger partial charge in [0.1, 0.15) is 24.1 Å². The highest BCUT2D eigenvalue weighted by Gasteiger charge is 2.07. The van der Waals surface area contributed by atoms with E-state index in [0.29, 0.717) is 23.1 Å². The van der Waals surface area contributed by atoms with Gasteiger partial charge in [-0.15, -0.1) is 0 Å². The molecule has 0 fully saturated rings. The number of nitrogens with zero attached hydrogens (tertiary/aromatic N) is 2. The highest BCUT2D eigenvalue weighted by atomic mass is 35.5. The molecule has 0 unspecified atom stereocenters. The van der Waals surface area contributed by atoms with Crippen molar-refractivity contribution in [2.45, 2.75) is 19.6 Å². The second kappa shape index (κ2) is 6.38. The Kier molecular flexibility index (Phi) is 4.57. The fourth-order valence-corrected chi connectivity index (χ4v) is 1.92. The van der Waals surface area contributed by atoms with Crippen LogP contribution in [0.25, 0.3) is 0 Å². The minimum absolute atomic E-state index is 0.297. The van der Waals surface area contributed by atoms with Crippen LogP contribution in [0.15, 0.2) is 36.5 Å². The number of rotatable bonds is 4. The number of hydrogen-bond acceptors (Lipinski definition) is 4. The summed E-state index contributed by atoms with van der Waals surface area (Å²) in [4.78, 5) is 3.89. The van der Waals surface area contributed by atoms with E-state index in [1.165, 1.54) is 0 Å². The predicted molar refractivity (Wildman–Crippen MR) is 75.4 cm³/mol. The maximum absolute atomic E-state index is 9.47. The molecular weight excluding hydrogens is 276 g/mol. The van der Waals surface area contributed by atoms with Crippen molar-refractivity contribution in [1.82, 2.24) is 4.98 Å². The summed E-state index contributed by atoms with van der Waals surface area (Å²) < 4.78 is 5.61. The Hall–Kier alpha value is -2.09. The summed E-state index contributed by atoms with van der Waals surface area (Å²) in [5, 5.41) is 18.7. The number of aliphatic hydroxyl groups excluding tert-OH is 1. The molecule has 0 radical (unpaired) electrons. The number of aliphatic hydroxyl groups is 1. The molecule has 1 N–H and O–H groups in total. The minimum atomic E-state index is -0.570. The van der Waals surface area contributed by atoms with E-state index in [-0.39, 0.29) is 0 Å². The van der Waals surface area contributed by atoms with E-state index in [1.807, 2.05) is 6.07 Å². The Labute approximate surface area is 122 Å². The largest absolute Gasteiger partial charge is 0.487 e. The highest BCUT2D eigenvalue weighted by Crippen LogP contribution is 2.28. The fourth-order valence-electron chi connectivity index (χ4n) is 1.68. The summed E-state index contributed by atoms with van der Waals surface area (Å²) in [7, 11) is 0. The Morgan fingerprint density at radius 3 is 2.85 bits per heavy atom. The molecule has 0 bridgehead atoms. The molecule has 1 heterocycles. The molecule has 0 amide bonds. The third kappa shape index (κ3) is 3.47. The summed E-state index contributed by atoms with van der Waals surface area (Å²) in [5.74, 6) is 0.534. The number of nitriles is 1. The van der Waals surface area contributed by atoms with Crippen molar-refractivity contribution < 1.29 is 9.84 Å². The molecule has 2 aromatic rings. The van der Waals surface area contributed by atoms with Crippen LogP contribution in [-0.2, 0) is 6.61 Å². The number of ether oxygens (including phenoxy) is 1. The second-order valence-corrected chi connectivity index (χ2v) is 4.72. The number of aromatic nitrogens is 1. The first-order valence-electron chi connectivity index (χ1n) is 6.05. The topological polar surface area (TPSA) is 66.1 Å². The summed E-state index contributed by atoms with van der Waals surface area (Å²) in [6.07, 6.45) is 0.995. The van der Waals surface area contributed by atoms with Crippen molar-refractivity contribution in [3.8, 4) is 11.8 Å². The lowest BCUT2D eigenvalue weighted by molar-refractivity contribution is 0.199. The van der Waals surface area contributed by atoms with E-state index in [1.54, 1.807) is 43.5 Å². The fraction of sp³-hybridized carbons (Fsp3) is 0.200. The Morgan fingerprint density at radius 2 is 2.20 bits per heavy atom. The van der Waals surface area contributed by atoms with Gasteiger partial charge in [-0.3, -0.25) is 0 Å². The van der Waals surface area contributed by atoms with Crippen molar-refractivity contribution in [3.63, 3.8) is 0 Å². The molecule has 5 heteroatoms. The zero-order valence-corrected chi connectivity index (χ0v) is 11.6. The van der Waals surface area contributed by atoms with Gasteiger partial charge in [0, 0.05) is 6.20 Å². The van der Waals surface area contributed by atoms with Crippen molar-refractivity contribution in [1.29, 1.82) is 5.26 Å². The zero-order valence-electron chi connectivity index (χ0n) is 10.9. The first-order chi connectivity index (χ1) is 9.60.